The number of rotatable bonds is 5. The molecule has 1 aromatic heterocycles. The molecule has 0 bridgehead atoms. The lowest BCUT2D eigenvalue weighted by molar-refractivity contribution is 0.0876. The van der Waals surface area contributed by atoms with Crippen LogP contribution in [0.4, 0.5) is 0 Å². The summed E-state index contributed by atoms with van der Waals surface area (Å²) in [6.45, 7) is 4.30. The lowest BCUT2D eigenvalue weighted by Gasteiger charge is -2.18. The number of aliphatic hydroxyl groups excluding tert-OH is 1. The molecule has 3 rings (SSSR count). The van der Waals surface area contributed by atoms with E-state index in [4.69, 9.17) is 4.74 Å². The fourth-order valence-electron chi connectivity index (χ4n) is 3.19. The number of fused-ring (bicyclic) bond motifs is 1. The Hall–Kier alpha value is -2.14. The Morgan fingerprint density at radius 3 is 2.62 bits per heavy atom. The third kappa shape index (κ3) is 4.03. The van der Waals surface area contributed by atoms with E-state index in [-0.39, 0.29) is 18.7 Å². The van der Waals surface area contributed by atoms with Crippen LogP contribution in [0.3, 0.4) is 0 Å². The summed E-state index contributed by atoms with van der Waals surface area (Å²) in [5, 5.41) is 14.6. The van der Waals surface area contributed by atoms with Crippen LogP contribution in [0.25, 0.3) is 0 Å². The molecule has 5 nitrogen and oxygen atoms in total. The van der Waals surface area contributed by atoms with Gasteiger partial charge in [0.1, 0.15) is 18.5 Å². The molecule has 1 aliphatic carbocycles. The third-order valence-corrected chi connectivity index (χ3v) is 4.30. The van der Waals surface area contributed by atoms with E-state index in [0.717, 1.165) is 53.8 Å². The molecule has 1 heterocycles. The highest BCUT2D eigenvalue weighted by molar-refractivity contribution is 5.33. The van der Waals surface area contributed by atoms with Crippen LogP contribution in [0.1, 0.15) is 35.2 Å². The second kappa shape index (κ2) is 7.18. The first-order chi connectivity index (χ1) is 11.5. The Morgan fingerprint density at radius 1 is 1.17 bits per heavy atom. The van der Waals surface area contributed by atoms with Crippen molar-refractivity contribution in [2.75, 3.05) is 6.61 Å². The van der Waals surface area contributed by atoms with Gasteiger partial charge in [-0.05, 0) is 68.4 Å². The van der Waals surface area contributed by atoms with E-state index in [1.165, 1.54) is 4.68 Å². The van der Waals surface area contributed by atoms with Gasteiger partial charge in [-0.3, -0.25) is 4.79 Å². The van der Waals surface area contributed by atoms with Crippen LogP contribution in [0.5, 0.6) is 5.75 Å². The largest absolute Gasteiger partial charge is 0.491 e. The van der Waals surface area contributed by atoms with Gasteiger partial charge in [-0.2, -0.15) is 5.10 Å². The molecule has 1 N–H and O–H groups in total. The molecule has 1 atom stereocenters. The Morgan fingerprint density at radius 2 is 1.88 bits per heavy atom. The van der Waals surface area contributed by atoms with E-state index >= 15 is 0 Å². The summed E-state index contributed by atoms with van der Waals surface area (Å²) >= 11 is 0. The molecule has 5 heteroatoms. The van der Waals surface area contributed by atoms with Crippen molar-refractivity contribution >= 4 is 0 Å². The molecule has 24 heavy (non-hydrogen) atoms. The van der Waals surface area contributed by atoms with Crippen molar-refractivity contribution in [2.45, 2.75) is 52.2 Å². The van der Waals surface area contributed by atoms with E-state index in [9.17, 15) is 9.90 Å². The van der Waals surface area contributed by atoms with Gasteiger partial charge in [0.25, 0.3) is 5.56 Å². The minimum absolute atomic E-state index is 0.133. The van der Waals surface area contributed by atoms with Crippen LogP contribution in [0, 0.1) is 13.8 Å². The molecule has 0 radical (unpaired) electrons. The fraction of sp³-hybridized carbons (Fsp3) is 0.474. The summed E-state index contributed by atoms with van der Waals surface area (Å²) in [7, 11) is 0. The van der Waals surface area contributed by atoms with E-state index in [1.807, 2.05) is 26.0 Å². The second-order valence-corrected chi connectivity index (χ2v) is 6.63. The average molecular weight is 328 g/mol. The quantitative estimate of drug-likeness (QED) is 0.914. The highest BCUT2D eigenvalue weighted by atomic mass is 16.5. The van der Waals surface area contributed by atoms with Crippen molar-refractivity contribution in [1.29, 1.82) is 0 Å². The first-order valence-corrected chi connectivity index (χ1v) is 8.50. The van der Waals surface area contributed by atoms with Crippen LogP contribution >= 0.6 is 0 Å². The van der Waals surface area contributed by atoms with Crippen molar-refractivity contribution in [2.24, 2.45) is 0 Å². The summed E-state index contributed by atoms with van der Waals surface area (Å²) in [6.07, 6.45) is 3.28. The Bertz CT molecular complexity index is 762. The zero-order valence-electron chi connectivity index (χ0n) is 14.3. The molecule has 1 aliphatic rings. The SMILES string of the molecule is Cc1cc(C)cc(OCC(O)Cn2nc3c(cc2=O)CCCC3)c1. The minimum Gasteiger partial charge on any atom is -0.491 e. The van der Waals surface area contributed by atoms with Crippen molar-refractivity contribution < 1.29 is 9.84 Å². The van der Waals surface area contributed by atoms with Gasteiger partial charge in [0.2, 0.25) is 0 Å². The summed E-state index contributed by atoms with van der Waals surface area (Å²) in [4.78, 5) is 12.1. The minimum atomic E-state index is -0.780. The molecule has 2 aromatic rings. The molecule has 0 saturated heterocycles. The average Bonchev–Trinajstić information content (AvgIpc) is 2.53. The molecule has 0 spiro atoms. The van der Waals surface area contributed by atoms with Gasteiger partial charge in [-0.15, -0.1) is 0 Å². The molecule has 0 fully saturated rings. The topological polar surface area (TPSA) is 64.3 Å². The number of hydrogen-bond donors (Lipinski definition) is 1. The smallest absolute Gasteiger partial charge is 0.267 e. The van der Waals surface area contributed by atoms with E-state index in [0.29, 0.717) is 0 Å². The summed E-state index contributed by atoms with van der Waals surface area (Å²) in [5.74, 6) is 0.734. The van der Waals surface area contributed by atoms with Crippen LogP contribution in [0.15, 0.2) is 29.1 Å². The first-order valence-electron chi connectivity index (χ1n) is 8.50. The maximum Gasteiger partial charge on any atom is 0.267 e. The van der Waals surface area contributed by atoms with Gasteiger partial charge >= 0.3 is 0 Å². The number of aryl methyl sites for hydroxylation is 4. The van der Waals surface area contributed by atoms with Crippen molar-refractivity contribution in [3.8, 4) is 5.75 Å². The first kappa shape index (κ1) is 16.7. The van der Waals surface area contributed by atoms with Gasteiger partial charge in [-0.1, -0.05) is 6.07 Å². The summed E-state index contributed by atoms with van der Waals surface area (Å²) in [6, 6.07) is 7.60. The summed E-state index contributed by atoms with van der Waals surface area (Å²) in [5.41, 5.74) is 4.13. The molecular weight excluding hydrogens is 304 g/mol. The number of aliphatic hydroxyl groups is 1. The van der Waals surface area contributed by atoms with Crippen LogP contribution in [0.2, 0.25) is 0 Å². The molecular formula is C19H24N2O3. The van der Waals surface area contributed by atoms with Crippen LogP contribution < -0.4 is 10.3 Å². The van der Waals surface area contributed by atoms with Gasteiger partial charge < -0.3 is 9.84 Å². The maximum absolute atomic E-state index is 12.1. The second-order valence-electron chi connectivity index (χ2n) is 6.63. The standard InChI is InChI=1S/C19H24N2O3/c1-13-7-14(2)9-17(8-13)24-12-16(22)11-21-19(23)10-15-5-3-4-6-18(15)20-21/h7-10,16,22H,3-6,11-12H2,1-2H3. The highest BCUT2D eigenvalue weighted by Gasteiger charge is 2.15. The zero-order valence-corrected chi connectivity index (χ0v) is 14.3. The zero-order chi connectivity index (χ0) is 17.1. The molecule has 128 valence electrons. The van der Waals surface area contributed by atoms with E-state index in [2.05, 4.69) is 11.2 Å². The van der Waals surface area contributed by atoms with Gasteiger partial charge in [0.15, 0.2) is 0 Å². The van der Waals surface area contributed by atoms with Gasteiger partial charge in [0, 0.05) is 6.07 Å². The third-order valence-electron chi connectivity index (χ3n) is 4.30. The lowest BCUT2D eigenvalue weighted by Crippen LogP contribution is -2.33. The molecule has 1 aromatic carbocycles. The van der Waals surface area contributed by atoms with E-state index < -0.39 is 6.10 Å². The molecule has 0 saturated carbocycles. The number of ether oxygens (including phenoxy) is 1. The highest BCUT2D eigenvalue weighted by Crippen LogP contribution is 2.18. The van der Waals surface area contributed by atoms with E-state index in [1.54, 1.807) is 6.07 Å². The van der Waals surface area contributed by atoms with Crippen LogP contribution in [-0.4, -0.2) is 27.6 Å². The Labute approximate surface area is 141 Å². The Kier molecular flexibility index (Phi) is 5.00. The number of benzene rings is 1. The fourth-order valence-corrected chi connectivity index (χ4v) is 3.19. The number of aromatic nitrogens is 2. The normalized spacial score (nSPS) is 15.0. The lowest BCUT2D eigenvalue weighted by atomic mass is 9.97. The monoisotopic (exact) mass is 328 g/mol. The number of nitrogens with zero attached hydrogens (tertiary/aromatic N) is 2. The molecule has 0 aliphatic heterocycles. The predicted octanol–water partition coefficient (Wildman–Crippen LogP) is 2.18. The van der Waals surface area contributed by atoms with Crippen LogP contribution in [-0.2, 0) is 19.4 Å². The predicted molar refractivity (Wildman–Crippen MR) is 92.6 cm³/mol. The maximum atomic E-state index is 12.1. The Balaban J connectivity index is 1.64. The number of hydrogen-bond acceptors (Lipinski definition) is 4. The summed E-state index contributed by atoms with van der Waals surface area (Å²) < 4.78 is 7.02. The van der Waals surface area contributed by atoms with Crippen molar-refractivity contribution in [1.82, 2.24) is 9.78 Å². The molecule has 0 amide bonds. The van der Waals surface area contributed by atoms with Gasteiger partial charge in [0.05, 0.1) is 12.2 Å². The van der Waals surface area contributed by atoms with Crippen molar-refractivity contribution in [3.63, 3.8) is 0 Å². The van der Waals surface area contributed by atoms with Gasteiger partial charge in [-0.25, -0.2) is 4.68 Å². The molecule has 1 unspecified atom stereocenters. The van der Waals surface area contributed by atoms with Crippen molar-refractivity contribution in [3.05, 3.63) is 57.0 Å².